The van der Waals surface area contributed by atoms with Crippen LogP contribution in [0.4, 0.5) is 20.2 Å². The normalized spacial score (nSPS) is 11.0. The predicted molar refractivity (Wildman–Crippen MR) is 116 cm³/mol. The van der Waals surface area contributed by atoms with Gasteiger partial charge in [0.2, 0.25) is 5.91 Å². The van der Waals surface area contributed by atoms with Gasteiger partial charge in [-0.05, 0) is 54.6 Å². The number of carbonyl (C=O) groups is 2. The average molecular weight is 459 g/mol. The molecule has 3 aromatic rings. The SMILES string of the molecule is CN(CC(=O)Nc1cccc(F)c1)C(=O)c1ccc(S(=O)(=O)Nc2ccccc2F)cc1. The largest absolute Gasteiger partial charge is 0.332 e. The Labute approximate surface area is 183 Å². The van der Waals surface area contributed by atoms with Crippen LogP contribution in [-0.2, 0) is 14.8 Å². The van der Waals surface area contributed by atoms with Crippen molar-refractivity contribution < 1.29 is 26.8 Å². The lowest BCUT2D eigenvalue weighted by atomic mass is 10.2. The van der Waals surface area contributed by atoms with E-state index < -0.39 is 33.5 Å². The summed E-state index contributed by atoms with van der Waals surface area (Å²) in [5.74, 6) is -2.28. The van der Waals surface area contributed by atoms with E-state index in [9.17, 15) is 26.8 Å². The Morgan fingerprint density at radius 3 is 2.28 bits per heavy atom. The van der Waals surface area contributed by atoms with Crippen LogP contribution >= 0.6 is 0 Å². The van der Waals surface area contributed by atoms with E-state index in [1.165, 1.54) is 67.7 Å². The zero-order valence-corrected chi connectivity index (χ0v) is 17.7. The van der Waals surface area contributed by atoms with Gasteiger partial charge in [-0.15, -0.1) is 0 Å². The Morgan fingerprint density at radius 1 is 0.938 bits per heavy atom. The topological polar surface area (TPSA) is 95.6 Å². The number of benzene rings is 3. The molecule has 0 radical (unpaired) electrons. The second-order valence-electron chi connectivity index (χ2n) is 6.83. The van der Waals surface area contributed by atoms with Crippen molar-refractivity contribution in [2.24, 2.45) is 0 Å². The molecule has 0 aromatic heterocycles. The van der Waals surface area contributed by atoms with Crippen LogP contribution in [0.25, 0.3) is 0 Å². The molecule has 10 heteroatoms. The van der Waals surface area contributed by atoms with E-state index in [0.29, 0.717) is 0 Å². The minimum absolute atomic E-state index is 0.149. The summed E-state index contributed by atoms with van der Waals surface area (Å²) in [5, 5.41) is 2.49. The van der Waals surface area contributed by atoms with E-state index in [4.69, 9.17) is 0 Å². The van der Waals surface area contributed by atoms with Crippen LogP contribution in [-0.4, -0.2) is 38.7 Å². The van der Waals surface area contributed by atoms with E-state index in [0.717, 1.165) is 17.0 Å². The number of hydrogen-bond acceptors (Lipinski definition) is 4. The average Bonchev–Trinajstić information content (AvgIpc) is 2.74. The van der Waals surface area contributed by atoms with Crippen molar-refractivity contribution in [1.82, 2.24) is 4.90 Å². The van der Waals surface area contributed by atoms with E-state index in [-0.39, 0.29) is 28.4 Å². The van der Waals surface area contributed by atoms with Gasteiger partial charge in [-0.1, -0.05) is 18.2 Å². The van der Waals surface area contributed by atoms with Crippen molar-refractivity contribution in [3.63, 3.8) is 0 Å². The van der Waals surface area contributed by atoms with Crippen LogP contribution in [0.3, 0.4) is 0 Å². The first-order valence-electron chi connectivity index (χ1n) is 9.34. The van der Waals surface area contributed by atoms with Crippen LogP contribution in [0.15, 0.2) is 77.7 Å². The first kappa shape index (κ1) is 22.9. The highest BCUT2D eigenvalue weighted by molar-refractivity contribution is 7.92. The van der Waals surface area contributed by atoms with Crippen LogP contribution in [0.1, 0.15) is 10.4 Å². The molecule has 0 spiro atoms. The molecule has 3 rings (SSSR count). The number of anilines is 2. The summed E-state index contributed by atoms with van der Waals surface area (Å²) in [7, 11) is -2.66. The van der Waals surface area contributed by atoms with Crippen molar-refractivity contribution in [3.8, 4) is 0 Å². The molecule has 0 fully saturated rings. The lowest BCUT2D eigenvalue weighted by Gasteiger charge is -2.17. The van der Waals surface area contributed by atoms with Crippen molar-refractivity contribution >= 4 is 33.2 Å². The van der Waals surface area contributed by atoms with Crippen molar-refractivity contribution in [3.05, 3.63) is 90.0 Å². The highest BCUT2D eigenvalue weighted by Gasteiger charge is 2.19. The molecule has 0 atom stereocenters. The highest BCUT2D eigenvalue weighted by atomic mass is 32.2. The molecule has 0 aliphatic heterocycles. The van der Waals surface area contributed by atoms with Gasteiger partial charge >= 0.3 is 0 Å². The Bertz CT molecular complexity index is 1250. The molecule has 7 nitrogen and oxygen atoms in total. The molecule has 166 valence electrons. The van der Waals surface area contributed by atoms with Gasteiger partial charge in [0.15, 0.2) is 0 Å². The number of nitrogens with one attached hydrogen (secondary N) is 2. The number of para-hydroxylation sites is 1. The molecule has 32 heavy (non-hydrogen) atoms. The van der Waals surface area contributed by atoms with Crippen LogP contribution < -0.4 is 10.0 Å². The fourth-order valence-corrected chi connectivity index (χ4v) is 3.87. The van der Waals surface area contributed by atoms with E-state index in [1.807, 2.05) is 0 Å². The first-order valence-corrected chi connectivity index (χ1v) is 10.8. The number of nitrogens with zero attached hydrogens (tertiary/aromatic N) is 1. The summed E-state index contributed by atoms with van der Waals surface area (Å²) in [6, 6.07) is 15.7. The summed E-state index contributed by atoms with van der Waals surface area (Å²) in [5.41, 5.74) is 0.209. The fourth-order valence-electron chi connectivity index (χ4n) is 2.80. The van der Waals surface area contributed by atoms with Crippen LogP contribution in [0, 0.1) is 11.6 Å². The third-order valence-electron chi connectivity index (χ3n) is 4.37. The molecule has 0 aliphatic rings. The van der Waals surface area contributed by atoms with Crippen molar-refractivity contribution in [2.45, 2.75) is 4.90 Å². The smallest absolute Gasteiger partial charge is 0.261 e. The van der Waals surface area contributed by atoms with Gasteiger partial charge in [0.1, 0.15) is 11.6 Å². The van der Waals surface area contributed by atoms with Crippen molar-refractivity contribution in [2.75, 3.05) is 23.6 Å². The maximum atomic E-state index is 13.7. The van der Waals surface area contributed by atoms with E-state index in [2.05, 4.69) is 10.0 Å². The van der Waals surface area contributed by atoms with Gasteiger partial charge < -0.3 is 10.2 Å². The molecular formula is C22H19F2N3O4S. The van der Waals surface area contributed by atoms with Gasteiger partial charge in [0.25, 0.3) is 15.9 Å². The summed E-state index contributed by atoms with van der Waals surface area (Å²) < 4.78 is 54.0. The lowest BCUT2D eigenvalue weighted by molar-refractivity contribution is -0.116. The monoisotopic (exact) mass is 459 g/mol. The Morgan fingerprint density at radius 2 is 1.62 bits per heavy atom. The number of sulfonamides is 1. The second kappa shape index (κ2) is 9.56. The van der Waals surface area contributed by atoms with Crippen molar-refractivity contribution in [1.29, 1.82) is 0 Å². The molecule has 0 bridgehead atoms. The number of rotatable bonds is 7. The second-order valence-corrected chi connectivity index (χ2v) is 8.51. The number of likely N-dealkylation sites (N-methyl/N-ethyl adjacent to an activating group) is 1. The Balaban J connectivity index is 1.65. The Kier molecular flexibility index (Phi) is 6.84. The summed E-state index contributed by atoms with van der Waals surface area (Å²) in [6.45, 7) is -0.301. The van der Waals surface area contributed by atoms with Crippen LogP contribution in [0.2, 0.25) is 0 Å². The molecular weight excluding hydrogens is 440 g/mol. The van der Waals surface area contributed by atoms with Crippen LogP contribution in [0.5, 0.6) is 0 Å². The number of hydrogen-bond donors (Lipinski definition) is 2. The number of amides is 2. The van der Waals surface area contributed by atoms with Gasteiger partial charge in [-0.25, -0.2) is 17.2 Å². The third kappa shape index (κ3) is 5.67. The summed E-state index contributed by atoms with van der Waals surface area (Å²) in [4.78, 5) is 25.6. The first-order chi connectivity index (χ1) is 15.2. The zero-order chi connectivity index (χ0) is 23.3. The molecule has 0 unspecified atom stereocenters. The molecule has 2 amide bonds. The van der Waals surface area contributed by atoms with Gasteiger partial charge in [0, 0.05) is 18.3 Å². The lowest BCUT2D eigenvalue weighted by Crippen LogP contribution is -2.35. The summed E-state index contributed by atoms with van der Waals surface area (Å²) >= 11 is 0. The molecule has 0 saturated carbocycles. The standard InChI is InChI=1S/C22H19F2N3O4S/c1-27(14-21(28)25-17-6-4-5-16(23)13-17)22(29)15-9-11-18(12-10-15)32(30,31)26-20-8-3-2-7-19(20)24/h2-13,26H,14H2,1H3,(H,25,28). The molecule has 0 aliphatic carbocycles. The Hall–Kier alpha value is -3.79. The summed E-state index contributed by atoms with van der Waals surface area (Å²) in [6.07, 6.45) is 0. The molecule has 0 heterocycles. The maximum absolute atomic E-state index is 13.7. The van der Waals surface area contributed by atoms with Gasteiger partial charge in [-0.2, -0.15) is 0 Å². The van der Waals surface area contributed by atoms with Gasteiger partial charge in [-0.3, -0.25) is 14.3 Å². The fraction of sp³-hybridized carbons (Fsp3) is 0.0909. The quantitative estimate of drug-likeness (QED) is 0.566. The third-order valence-corrected chi connectivity index (χ3v) is 5.75. The minimum Gasteiger partial charge on any atom is -0.332 e. The van der Waals surface area contributed by atoms with E-state index >= 15 is 0 Å². The van der Waals surface area contributed by atoms with E-state index in [1.54, 1.807) is 0 Å². The molecule has 3 aromatic carbocycles. The minimum atomic E-state index is -4.07. The van der Waals surface area contributed by atoms with Gasteiger partial charge in [0.05, 0.1) is 17.1 Å². The highest BCUT2D eigenvalue weighted by Crippen LogP contribution is 2.19. The number of halogens is 2. The zero-order valence-electron chi connectivity index (χ0n) is 16.9. The number of carbonyl (C=O) groups excluding carboxylic acids is 2. The molecule has 0 saturated heterocycles. The maximum Gasteiger partial charge on any atom is 0.261 e. The molecule has 2 N–H and O–H groups in total. The predicted octanol–water partition coefficient (Wildman–Crippen LogP) is 3.48.